The number of piperidine rings is 1. The number of fused-ring (bicyclic) bond motifs is 2. The van der Waals surface area contributed by atoms with Crippen molar-refractivity contribution in [3.63, 3.8) is 0 Å². The van der Waals surface area contributed by atoms with Gasteiger partial charge in [-0.25, -0.2) is 0 Å². The number of likely N-dealkylation sites (tertiary alicyclic amines) is 1. The Kier molecular flexibility index (Phi) is 5.69. The molecule has 1 aliphatic carbocycles. The molecule has 3 atom stereocenters. The summed E-state index contributed by atoms with van der Waals surface area (Å²) in [5.41, 5.74) is 3.54. The number of hydrogen-bond donors (Lipinski definition) is 1. The van der Waals surface area contributed by atoms with E-state index in [1.165, 1.54) is 4.90 Å². The molecule has 3 aliphatic rings. The highest BCUT2D eigenvalue weighted by molar-refractivity contribution is 7.19. The van der Waals surface area contributed by atoms with Crippen LogP contribution in [0.4, 0.5) is 0 Å². The van der Waals surface area contributed by atoms with Crippen molar-refractivity contribution in [2.75, 3.05) is 19.7 Å². The molecule has 1 N–H and O–H groups in total. The number of carbonyl (C=O) groups excluding carboxylic acids is 2. The number of nitrogens with zero attached hydrogens (tertiary/aromatic N) is 2. The summed E-state index contributed by atoms with van der Waals surface area (Å²) in [6.07, 6.45) is 2.46. The quantitative estimate of drug-likeness (QED) is 0.474. The number of nitrogens with one attached hydrogen (secondary N) is 1. The van der Waals surface area contributed by atoms with E-state index in [0.717, 1.165) is 44.9 Å². The number of thiophene rings is 1. The zero-order valence-corrected chi connectivity index (χ0v) is 21.8. The predicted molar refractivity (Wildman–Crippen MR) is 138 cm³/mol. The highest BCUT2D eigenvalue weighted by Gasteiger charge is 2.72. The summed E-state index contributed by atoms with van der Waals surface area (Å²) in [6, 6.07) is 7.65. The third-order valence-electron chi connectivity index (χ3n) is 7.56. The molecule has 6 rings (SSSR count). The highest BCUT2D eigenvalue weighted by Crippen LogP contribution is 2.63. The lowest BCUT2D eigenvalue weighted by molar-refractivity contribution is -0.143. The van der Waals surface area contributed by atoms with E-state index in [9.17, 15) is 9.59 Å². The van der Waals surface area contributed by atoms with Crippen LogP contribution in [0, 0.1) is 17.3 Å². The first-order valence-corrected chi connectivity index (χ1v) is 13.4. The molecule has 2 amide bonds. The lowest BCUT2D eigenvalue weighted by atomic mass is 9.95. The third-order valence-corrected chi connectivity index (χ3v) is 9.25. The van der Waals surface area contributed by atoms with Crippen molar-refractivity contribution in [3.8, 4) is 11.1 Å². The van der Waals surface area contributed by atoms with Gasteiger partial charge in [-0.1, -0.05) is 37.0 Å². The normalized spacial score (nSPS) is 25.4. The Morgan fingerprint density at radius 2 is 1.94 bits per heavy atom. The maximum absolute atomic E-state index is 12.8. The lowest BCUT2D eigenvalue weighted by Gasteiger charge is -2.25. The third kappa shape index (κ3) is 3.89. The first kappa shape index (κ1) is 23.4. The molecule has 1 saturated carbocycles. The van der Waals surface area contributed by atoms with Gasteiger partial charge in [0.1, 0.15) is 0 Å². The average molecular weight is 530 g/mol. The van der Waals surface area contributed by atoms with Crippen molar-refractivity contribution in [1.82, 2.24) is 15.2 Å². The van der Waals surface area contributed by atoms with Gasteiger partial charge in [0.15, 0.2) is 0 Å². The van der Waals surface area contributed by atoms with E-state index in [1.807, 2.05) is 32.0 Å². The van der Waals surface area contributed by atoms with E-state index >= 15 is 0 Å². The minimum Gasteiger partial charge on any atom is -0.375 e. The smallest absolute Gasteiger partial charge is 0.234 e. The van der Waals surface area contributed by atoms with Crippen molar-refractivity contribution in [3.05, 3.63) is 50.9 Å². The Bertz CT molecular complexity index is 1340. The summed E-state index contributed by atoms with van der Waals surface area (Å²) in [5.74, 6) is -0.460. The second kappa shape index (κ2) is 8.53. The van der Waals surface area contributed by atoms with Crippen LogP contribution in [0.25, 0.3) is 21.3 Å². The Hall–Kier alpha value is -2.03. The number of pyridine rings is 1. The first-order valence-electron chi connectivity index (χ1n) is 11.8. The van der Waals surface area contributed by atoms with Crippen LogP contribution in [0.5, 0.6) is 0 Å². The topological polar surface area (TPSA) is 71.5 Å². The standard InChI is InChI=1S/C26H25Cl2N3O3S/c1-26(2)21-22(26)25(33)31(24(21)32)12-15-10-20-23(35-15)16(3-4-30-20)17-7-13(27)8-19(28)18(17)9-14-11-29-5-6-34-14/h3-4,7-8,10,14,21-22,29H,5-6,9,11-12H2,1-2H3. The van der Waals surface area contributed by atoms with Crippen LogP contribution in [-0.2, 0) is 27.3 Å². The lowest BCUT2D eigenvalue weighted by Crippen LogP contribution is -2.39. The second-order valence-electron chi connectivity index (χ2n) is 10.1. The van der Waals surface area contributed by atoms with Crippen LogP contribution in [0.15, 0.2) is 30.5 Å². The number of amides is 2. The van der Waals surface area contributed by atoms with Crippen molar-refractivity contribution in [2.24, 2.45) is 17.3 Å². The van der Waals surface area contributed by atoms with Gasteiger partial charge in [0.2, 0.25) is 11.8 Å². The summed E-state index contributed by atoms with van der Waals surface area (Å²) in [4.78, 5) is 32.6. The largest absolute Gasteiger partial charge is 0.375 e. The molecule has 3 fully saturated rings. The van der Waals surface area contributed by atoms with Crippen LogP contribution in [0.1, 0.15) is 24.3 Å². The van der Waals surface area contributed by atoms with Gasteiger partial charge >= 0.3 is 0 Å². The van der Waals surface area contributed by atoms with Crippen LogP contribution in [-0.4, -0.2) is 47.5 Å². The Balaban J connectivity index is 1.35. The maximum Gasteiger partial charge on any atom is 0.234 e. The fourth-order valence-corrected chi connectivity index (χ4v) is 7.32. The number of rotatable bonds is 5. The number of ether oxygens (including phenoxy) is 1. The molecule has 182 valence electrons. The zero-order valence-electron chi connectivity index (χ0n) is 19.4. The van der Waals surface area contributed by atoms with Crippen molar-refractivity contribution in [2.45, 2.75) is 32.9 Å². The number of halogens is 2. The summed E-state index contributed by atoms with van der Waals surface area (Å²) < 4.78 is 6.92. The molecule has 9 heteroatoms. The molecule has 0 radical (unpaired) electrons. The van der Waals surface area contributed by atoms with Gasteiger partial charge in [0.05, 0.1) is 41.3 Å². The number of imide groups is 1. The summed E-state index contributed by atoms with van der Waals surface area (Å²) in [6.45, 7) is 6.56. The van der Waals surface area contributed by atoms with Gasteiger partial charge in [-0.05, 0) is 40.8 Å². The molecule has 0 spiro atoms. The van der Waals surface area contributed by atoms with E-state index in [4.69, 9.17) is 27.9 Å². The molecule has 35 heavy (non-hydrogen) atoms. The molecule has 6 nitrogen and oxygen atoms in total. The maximum atomic E-state index is 12.8. The van der Waals surface area contributed by atoms with Gasteiger partial charge in [-0.15, -0.1) is 11.3 Å². The summed E-state index contributed by atoms with van der Waals surface area (Å²) >= 11 is 14.7. The van der Waals surface area contributed by atoms with E-state index in [-0.39, 0.29) is 41.7 Å². The minimum atomic E-state index is -0.209. The van der Waals surface area contributed by atoms with E-state index < -0.39 is 0 Å². The van der Waals surface area contributed by atoms with Crippen molar-refractivity contribution >= 4 is 56.6 Å². The van der Waals surface area contributed by atoms with Gasteiger partial charge in [-0.2, -0.15) is 0 Å². The van der Waals surface area contributed by atoms with Crippen LogP contribution in [0.2, 0.25) is 10.0 Å². The molecular formula is C26H25Cl2N3O3S. The Morgan fingerprint density at radius 3 is 2.66 bits per heavy atom. The summed E-state index contributed by atoms with van der Waals surface area (Å²) in [5, 5.41) is 4.54. The van der Waals surface area contributed by atoms with Gasteiger partial charge < -0.3 is 10.1 Å². The van der Waals surface area contributed by atoms with Gasteiger partial charge in [-0.3, -0.25) is 19.5 Å². The number of aromatic nitrogens is 1. The van der Waals surface area contributed by atoms with E-state index in [0.29, 0.717) is 23.1 Å². The molecular weight excluding hydrogens is 505 g/mol. The zero-order chi connectivity index (χ0) is 24.5. The number of morpholine rings is 1. The molecule has 3 aromatic rings. The number of carbonyl (C=O) groups is 2. The molecule has 4 heterocycles. The van der Waals surface area contributed by atoms with E-state index in [1.54, 1.807) is 23.6 Å². The Labute approximate surface area is 217 Å². The minimum absolute atomic E-state index is 0.0280. The second-order valence-corrected chi connectivity index (χ2v) is 12.1. The first-order chi connectivity index (χ1) is 16.8. The highest BCUT2D eigenvalue weighted by atomic mass is 35.5. The molecule has 2 aromatic heterocycles. The molecule has 1 aromatic carbocycles. The van der Waals surface area contributed by atoms with Crippen LogP contribution >= 0.6 is 34.5 Å². The van der Waals surface area contributed by atoms with Gasteiger partial charge in [0.25, 0.3) is 0 Å². The van der Waals surface area contributed by atoms with Crippen LogP contribution < -0.4 is 5.32 Å². The van der Waals surface area contributed by atoms with Crippen LogP contribution in [0.3, 0.4) is 0 Å². The van der Waals surface area contributed by atoms with Crippen molar-refractivity contribution < 1.29 is 14.3 Å². The molecule has 0 bridgehead atoms. The number of hydrogen-bond acceptors (Lipinski definition) is 6. The molecule has 2 aliphatic heterocycles. The molecule has 2 saturated heterocycles. The van der Waals surface area contributed by atoms with Gasteiger partial charge in [0, 0.05) is 46.2 Å². The fraction of sp³-hybridized carbons (Fsp3) is 0.423. The Morgan fingerprint density at radius 1 is 1.17 bits per heavy atom. The van der Waals surface area contributed by atoms with E-state index in [2.05, 4.69) is 10.3 Å². The summed E-state index contributed by atoms with van der Waals surface area (Å²) in [7, 11) is 0. The SMILES string of the molecule is CC1(C)C2C(=O)N(Cc3cc4nccc(-c5cc(Cl)cc(Cl)c5CC5CNCCO5)c4s3)C(=O)C21. The van der Waals surface area contributed by atoms with Crippen molar-refractivity contribution in [1.29, 1.82) is 0 Å². The fourth-order valence-electron chi connectivity index (χ4n) is 5.62. The molecule has 3 unspecified atom stereocenters. The number of benzene rings is 1. The average Bonchev–Trinajstić information content (AvgIpc) is 3.07. The monoisotopic (exact) mass is 529 g/mol. The predicted octanol–water partition coefficient (Wildman–Crippen LogP) is 4.94.